The molecule has 3 aromatic rings. The number of rotatable bonds is 4. The second kappa shape index (κ2) is 5.28. The van der Waals surface area contributed by atoms with E-state index in [2.05, 4.69) is 46.5 Å². The number of benzene rings is 1. The van der Waals surface area contributed by atoms with Crippen LogP contribution in [-0.2, 0) is 13.1 Å². The van der Waals surface area contributed by atoms with Gasteiger partial charge in [-0.25, -0.2) is 4.98 Å². The van der Waals surface area contributed by atoms with Crippen molar-refractivity contribution in [1.82, 2.24) is 19.7 Å². The summed E-state index contributed by atoms with van der Waals surface area (Å²) in [5.74, 6) is 1.82. The average Bonchev–Trinajstić information content (AvgIpc) is 2.92. The molecule has 5 nitrogen and oxygen atoms in total. The van der Waals surface area contributed by atoms with Crippen molar-refractivity contribution < 1.29 is 0 Å². The van der Waals surface area contributed by atoms with Crippen LogP contribution in [0.15, 0.2) is 36.7 Å². The van der Waals surface area contributed by atoms with Crippen molar-refractivity contribution in [3.05, 3.63) is 48.0 Å². The lowest BCUT2D eigenvalue weighted by molar-refractivity contribution is 0.707. The number of anilines is 1. The van der Waals surface area contributed by atoms with Gasteiger partial charge in [-0.05, 0) is 31.5 Å². The Morgan fingerprint density at radius 1 is 1.25 bits per heavy atom. The molecular weight excluding hydrogens is 250 g/mol. The summed E-state index contributed by atoms with van der Waals surface area (Å²) in [5.41, 5.74) is 2.13. The molecule has 0 amide bonds. The fourth-order valence-corrected chi connectivity index (χ4v) is 2.24. The van der Waals surface area contributed by atoms with Gasteiger partial charge in [0.1, 0.15) is 12.1 Å². The number of aryl methyl sites for hydroxylation is 2. The minimum absolute atomic E-state index is 0.625. The summed E-state index contributed by atoms with van der Waals surface area (Å²) in [7, 11) is 0. The molecule has 5 heteroatoms. The van der Waals surface area contributed by atoms with E-state index < -0.39 is 0 Å². The van der Waals surface area contributed by atoms with Crippen LogP contribution in [0.2, 0.25) is 0 Å². The van der Waals surface area contributed by atoms with Crippen LogP contribution in [0, 0.1) is 6.92 Å². The number of pyridine rings is 1. The summed E-state index contributed by atoms with van der Waals surface area (Å²) < 4.78 is 2.02. The molecule has 102 valence electrons. The second-order valence-corrected chi connectivity index (χ2v) is 4.73. The highest BCUT2D eigenvalue weighted by Gasteiger charge is 2.06. The average molecular weight is 267 g/mol. The normalized spacial score (nSPS) is 10.9. The number of hydrogen-bond acceptors (Lipinski definition) is 4. The molecule has 0 aliphatic rings. The highest BCUT2D eigenvalue weighted by molar-refractivity contribution is 5.81. The molecule has 20 heavy (non-hydrogen) atoms. The molecule has 0 fully saturated rings. The van der Waals surface area contributed by atoms with Crippen LogP contribution in [0.3, 0.4) is 0 Å². The number of aromatic nitrogens is 4. The molecule has 1 N–H and O–H groups in total. The highest BCUT2D eigenvalue weighted by atomic mass is 15.3. The van der Waals surface area contributed by atoms with E-state index in [1.54, 1.807) is 6.33 Å². The van der Waals surface area contributed by atoms with E-state index in [-0.39, 0.29) is 0 Å². The van der Waals surface area contributed by atoms with Gasteiger partial charge in [-0.1, -0.05) is 18.2 Å². The van der Waals surface area contributed by atoms with Gasteiger partial charge in [0.25, 0.3) is 0 Å². The maximum absolute atomic E-state index is 4.66. The predicted molar refractivity (Wildman–Crippen MR) is 79.5 cm³/mol. The summed E-state index contributed by atoms with van der Waals surface area (Å²) in [6.45, 7) is 5.63. The molecule has 0 spiro atoms. The van der Waals surface area contributed by atoms with Crippen molar-refractivity contribution in [3.63, 3.8) is 0 Å². The fraction of sp³-hybridized carbons (Fsp3) is 0.267. The Morgan fingerprint density at radius 3 is 2.95 bits per heavy atom. The van der Waals surface area contributed by atoms with E-state index in [0.717, 1.165) is 34.7 Å². The Bertz CT molecular complexity index is 732. The van der Waals surface area contributed by atoms with Crippen molar-refractivity contribution in [2.75, 3.05) is 5.32 Å². The van der Waals surface area contributed by atoms with Crippen molar-refractivity contribution in [1.29, 1.82) is 0 Å². The number of nitrogens with zero attached hydrogens (tertiary/aromatic N) is 4. The van der Waals surface area contributed by atoms with Gasteiger partial charge in [-0.3, -0.25) is 0 Å². The largest absolute Gasteiger partial charge is 0.363 e. The first-order chi connectivity index (χ1) is 9.78. The standard InChI is InChI=1S/C15H17N5/c1-3-20-10-17-19-14(20)9-16-15-11(2)8-12-6-4-5-7-13(12)18-15/h4-8,10H,3,9H2,1-2H3,(H,16,18). The van der Waals surface area contributed by atoms with Crippen LogP contribution < -0.4 is 5.32 Å². The first-order valence-corrected chi connectivity index (χ1v) is 6.75. The van der Waals surface area contributed by atoms with E-state index >= 15 is 0 Å². The molecule has 0 saturated carbocycles. The Balaban J connectivity index is 1.85. The number of nitrogens with one attached hydrogen (secondary N) is 1. The van der Waals surface area contributed by atoms with Crippen LogP contribution >= 0.6 is 0 Å². The zero-order chi connectivity index (χ0) is 13.9. The maximum atomic E-state index is 4.66. The van der Waals surface area contributed by atoms with E-state index in [9.17, 15) is 0 Å². The van der Waals surface area contributed by atoms with Gasteiger partial charge in [0.05, 0.1) is 12.1 Å². The Labute approximate surface area is 117 Å². The van der Waals surface area contributed by atoms with Gasteiger partial charge in [0.2, 0.25) is 0 Å². The molecule has 0 radical (unpaired) electrons. The molecule has 0 aliphatic heterocycles. The van der Waals surface area contributed by atoms with Crippen LogP contribution in [0.5, 0.6) is 0 Å². The topological polar surface area (TPSA) is 55.6 Å². The van der Waals surface area contributed by atoms with Gasteiger partial charge >= 0.3 is 0 Å². The van der Waals surface area contributed by atoms with Crippen LogP contribution in [0.4, 0.5) is 5.82 Å². The highest BCUT2D eigenvalue weighted by Crippen LogP contribution is 2.19. The zero-order valence-electron chi connectivity index (χ0n) is 11.7. The molecule has 0 unspecified atom stereocenters. The van der Waals surface area contributed by atoms with E-state index in [0.29, 0.717) is 6.54 Å². The summed E-state index contributed by atoms with van der Waals surface area (Å²) in [6.07, 6.45) is 1.75. The Kier molecular flexibility index (Phi) is 3.33. The Morgan fingerprint density at radius 2 is 2.10 bits per heavy atom. The van der Waals surface area contributed by atoms with Gasteiger partial charge < -0.3 is 9.88 Å². The van der Waals surface area contributed by atoms with Crippen LogP contribution in [0.25, 0.3) is 10.9 Å². The molecule has 0 atom stereocenters. The lowest BCUT2D eigenvalue weighted by Crippen LogP contribution is -2.09. The van der Waals surface area contributed by atoms with Crippen LogP contribution in [-0.4, -0.2) is 19.7 Å². The maximum Gasteiger partial charge on any atom is 0.152 e. The molecule has 0 aliphatic carbocycles. The van der Waals surface area contributed by atoms with E-state index in [1.165, 1.54) is 0 Å². The molecule has 0 bridgehead atoms. The van der Waals surface area contributed by atoms with Gasteiger partial charge in [-0.2, -0.15) is 0 Å². The SMILES string of the molecule is CCn1cnnc1CNc1nc2ccccc2cc1C. The molecule has 0 saturated heterocycles. The zero-order valence-corrected chi connectivity index (χ0v) is 11.7. The predicted octanol–water partition coefficient (Wildman–Crippen LogP) is 2.77. The molecule has 2 heterocycles. The van der Waals surface area contributed by atoms with Gasteiger partial charge in [0, 0.05) is 11.9 Å². The quantitative estimate of drug-likeness (QED) is 0.789. The van der Waals surface area contributed by atoms with E-state index in [4.69, 9.17) is 0 Å². The minimum Gasteiger partial charge on any atom is -0.363 e. The van der Waals surface area contributed by atoms with Gasteiger partial charge in [0.15, 0.2) is 5.82 Å². The Hall–Kier alpha value is -2.43. The van der Waals surface area contributed by atoms with E-state index in [1.807, 2.05) is 22.8 Å². The van der Waals surface area contributed by atoms with Crippen molar-refractivity contribution >= 4 is 16.7 Å². The fourth-order valence-electron chi connectivity index (χ4n) is 2.24. The molecular formula is C15H17N5. The summed E-state index contributed by atoms with van der Waals surface area (Å²) in [5, 5.41) is 12.6. The monoisotopic (exact) mass is 267 g/mol. The summed E-state index contributed by atoms with van der Waals surface area (Å²) in [6, 6.07) is 10.3. The number of para-hydroxylation sites is 1. The van der Waals surface area contributed by atoms with Crippen molar-refractivity contribution in [2.45, 2.75) is 26.9 Å². The van der Waals surface area contributed by atoms with Crippen molar-refractivity contribution in [3.8, 4) is 0 Å². The number of fused-ring (bicyclic) bond motifs is 1. The minimum atomic E-state index is 0.625. The first-order valence-electron chi connectivity index (χ1n) is 6.75. The van der Waals surface area contributed by atoms with Crippen LogP contribution in [0.1, 0.15) is 18.3 Å². The second-order valence-electron chi connectivity index (χ2n) is 4.73. The van der Waals surface area contributed by atoms with Gasteiger partial charge in [-0.15, -0.1) is 10.2 Å². The lowest BCUT2D eigenvalue weighted by Gasteiger charge is -2.10. The molecule has 3 rings (SSSR count). The third kappa shape index (κ3) is 2.34. The summed E-state index contributed by atoms with van der Waals surface area (Å²) in [4.78, 5) is 4.66. The summed E-state index contributed by atoms with van der Waals surface area (Å²) >= 11 is 0. The number of hydrogen-bond donors (Lipinski definition) is 1. The smallest absolute Gasteiger partial charge is 0.152 e. The van der Waals surface area contributed by atoms with Crippen molar-refractivity contribution in [2.24, 2.45) is 0 Å². The molecule has 2 aromatic heterocycles. The third-order valence-electron chi connectivity index (χ3n) is 3.36. The third-order valence-corrected chi connectivity index (χ3v) is 3.36. The molecule has 1 aromatic carbocycles. The first kappa shape index (κ1) is 12.6. The lowest BCUT2D eigenvalue weighted by atomic mass is 10.1.